The molecule has 7 nitrogen and oxygen atoms in total. The van der Waals surface area contributed by atoms with Crippen molar-refractivity contribution in [3.05, 3.63) is 54.1 Å². The molecule has 0 saturated heterocycles. The van der Waals surface area contributed by atoms with Crippen molar-refractivity contribution in [3.63, 3.8) is 0 Å². The molecule has 1 heterocycles. The van der Waals surface area contributed by atoms with Gasteiger partial charge in [0, 0.05) is 12.3 Å². The van der Waals surface area contributed by atoms with E-state index in [0.717, 1.165) is 43.0 Å². The van der Waals surface area contributed by atoms with Crippen LogP contribution in [0.15, 0.2) is 57.8 Å². The molecule has 1 atom stereocenters. The summed E-state index contributed by atoms with van der Waals surface area (Å²) in [5, 5.41) is 9.31. The number of thioether (sulfide) groups is 1. The second-order valence-corrected chi connectivity index (χ2v) is 12.3. The molecule has 1 aromatic heterocycles. The summed E-state index contributed by atoms with van der Waals surface area (Å²) in [5.41, 5.74) is 3.13. The Morgan fingerprint density at radius 2 is 1.94 bits per heavy atom. The van der Waals surface area contributed by atoms with Crippen LogP contribution in [0.4, 0.5) is 0 Å². The fraction of sp³-hybridized carbons (Fsp3) is 0.391. The van der Waals surface area contributed by atoms with Crippen molar-refractivity contribution in [1.82, 2.24) is 14.8 Å². The first kappa shape index (κ1) is 25.6. The third-order valence-corrected chi connectivity index (χ3v) is 9.24. The second kappa shape index (κ2) is 11.4. The van der Waals surface area contributed by atoms with Gasteiger partial charge in [-0.3, -0.25) is 10.0 Å². The Morgan fingerprint density at radius 1 is 1.21 bits per heavy atom. The van der Waals surface area contributed by atoms with Gasteiger partial charge in [0.2, 0.25) is 10.0 Å². The highest BCUT2D eigenvalue weighted by Gasteiger charge is 2.38. The van der Waals surface area contributed by atoms with Gasteiger partial charge in [-0.25, -0.2) is 18.9 Å². The first-order valence-electron chi connectivity index (χ1n) is 10.8. The van der Waals surface area contributed by atoms with E-state index in [1.807, 2.05) is 30.3 Å². The predicted molar refractivity (Wildman–Crippen MR) is 133 cm³/mol. The number of hydroxylamine groups is 1. The Hall–Kier alpha value is -1.98. The number of nitrogens with one attached hydrogen (secondary N) is 1. The molecule has 3 rings (SSSR count). The van der Waals surface area contributed by atoms with Crippen molar-refractivity contribution in [1.29, 1.82) is 0 Å². The van der Waals surface area contributed by atoms with Crippen LogP contribution in [-0.4, -0.2) is 40.6 Å². The molecule has 0 aliphatic carbocycles. The molecule has 0 saturated carbocycles. The number of aromatic nitrogens is 1. The van der Waals surface area contributed by atoms with Gasteiger partial charge >= 0.3 is 0 Å². The summed E-state index contributed by atoms with van der Waals surface area (Å²) >= 11 is 3.14. The van der Waals surface area contributed by atoms with Crippen LogP contribution < -0.4 is 5.48 Å². The van der Waals surface area contributed by atoms with Crippen LogP contribution in [0.25, 0.3) is 10.2 Å². The third-order valence-electron chi connectivity index (χ3n) is 5.17. The summed E-state index contributed by atoms with van der Waals surface area (Å²) in [6.45, 7) is 5.64. The van der Waals surface area contributed by atoms with E-state index in [4.69, 9.17) is 0 Å². The van der Waals surface area contributed by atoms with Crippen molar-refractivity contribution < 1.29 is 18.4 Å². The van der Waals surface area contributed by atoms with Crippen LogP contribution in [0.1, 0.15) is 39.2 Å². The third kappa shape index (κ3) is 6.13. The monoisotopic (exact) mass is 507 g/mol. The van der Waals surface area contributed by atoms with Gasteiger partial charge in [0.15, 0.2) is 4.34 Å². The minimum Gasteiger partial charge on any atom is -0.289 e. The average molecular weight is 508 g/mol. The maximum atomic E-state index is 13.8. The number of nitrogens with zero attached hydrogens (tertiary/aromatic N) is 2. The zero-order chi connectivity index (χ0) is 24.0. The maximum Gasteiger partial charge on any atom is 0.262 e. The van der Waals surface area contributed by atoms with E-state index in [0.29, 0.717) is 0 Å². The number of benzene rings is 2. The Labute approximate surface area is 203 Å². The first-order chi connectivity index (χ1) is 15.8. The molecule has 3 aromatic rings. The van der Waals surface area contributed by atoms with Crippen LogP contribution in [0.2, 0.25) is 0 Å². The molecule has 2 N–H and O–H groups in total. The van der Waals surface area contributed by atoms with Crippen molar-refractivity contribution in [2.75, 3.05) is 5.75 Å². The topological polar surface area (TPSA) is 99.6 Å². The van der Waals surface area contributed by atoms with Crippen molar-refractivity contribution in [2.45, 2.75) is 55.4 Å². The van der Waals surface area contributed by atoms with Gasteiger partial charge in [0.1, 0.15) is 6.04 Å². The van der Waals surface area contributed by atoms with E-state index >= 15 is 0 Å². The normalized spacial score (nSPS) is 13.0. The van der Waals surface area contributed by atoms with Gasteiger partial charge in [-0.15, -0.1) is 11.3 Å². The standard InChI is InChI=1S/C23H29N3O4S3/c1-4-5-13-31-23-24-19-12-11-18(14-20(19)32-23)33(29,30)26(15-17-9-7-6-8-10-17)21(16(2)3)22(27)25-28/h6-12,14,16,21,28H,4-5,13,15H2,1-3H3,(H,25,27)/t21-/m1/s1. The van der Waals surface area contributed by atoms with E-state index in [2.05, 4.69) is 11.9 Å². The fourth-order valence-electron chi connectivity index (χ4n) is 3.47. The summed E-state index contributed by atoms with van der Waals surface area (Å²) < 4.78 is 30.5. The van der Waals surface area contributed by atoms with Gasteiger partial charge in [0.25, 0.3) is 5.91 Å². The average Bonchev–Trinajstić information content (AvgIpc) is 3.21. The molecule has 178 valence electrons. The largest absolute Gasteiger partial charge is 0.289 e. The Bertz CT molecular complexity index is 1180. The zero-order valence-corrected chi connectivity index (χ0v) is 21.3. The van der Waals surface area contributed by atoms with Crippen molar-refractivity contribution in [3.8, 4) is 0 Å². The molecule has 0 aliphatic rings. The molecular weight excluding hydrogens is 478 g/mol. The van der Waals surface area contributed by atoms with E-state index < -0.39 is 22.0 Å². The van der Waals surface area contributed by atoms with E-state index in [9.17, 15) is 18.4 Å². The number of rotatable bonds is 11. The summed E-state index contributed by atoms with van der Waals surface area (Å²) in [4.78, 5) is 17.2. The minimum atomic E-state index is -4.07. The van der Waals surface area contributed by atoms with Crippen LogP contribution in [0, 0.1) is 5.92 Å². The van der Waals surface area contributed by atoms with Crippen molar-refractivity contribution in [2.24, 2.45) is 5.92 Å². The molecule has 0 unspecified atom stereocenters. The lowest BCUT2D eigenvalue weighted by Crippen LogP contribution is -2.51. The number of sulfonamides is 1. The quantitative estimate of drug-likeness (QED) is 0.166. The molecule has 2 aromatic carbocycles. The highest BCUT2D eigenvalue weighted by molar-refractivity contribution is 8.01. The molecule has 0 spiro atoms. The van der Waals surface area contributed by atoms with Gasteiger partial charge < -0.3 is 0 Å². The fourth-order valence-corrected chi connectivity index (χ4v) is 7.54. The molecule has 0 aliphatic heterocycles. The highest BCUT2D eigenvalue weighted by Crippen LogP contribution is 2.33. The second-order valence-electron chi connectivity index (χ2n) is 8.01. The molecule has 0 fully saturated rings. The number of unbranched alkanes of at least 4 members (excludes halogenated alkanes) is 1. The molecule has 10 heteroatoms. The predicted octanol–water partition coefficient (Wildman–Crippen LogP) is 4.91. The van der Waals surface area contributed by atoms with Crippen LogP contribution >= 0.6 is 23.1 Å². The lowest BCUT2D eigenvalue weighted by Gasteiger charge is -2.32. The Morgan fingerprint density at radius 3 is 2.58 bits per heavy atom. The summed E-state index contributed by atoms with van der Waals surface area (Å²) in [7, 11) is -4.07. The summed E-state index contributed by atoms with van der Waals surface area (Å²) in [5.74, 6) is -0.166. The molecule has 0 bridgehead atoms. The number of carbonyl (C=O) groups excluding carboxylic acids is 1. The number of thiazole rings is 1. The van der Waals surface area contributed by atoms with Crippen LogP contribution in [0.3, 0.4) is 0 Å². The number of amides is 1. The maximum absolute atomic E-state index is 13.8. The van der Waals surface area contributed by atoms with Gasteiger partial charge in [0.05, 0.1) is 15.1 Å². The number of hydrogen-bond acceptors (Lipinski definition) is 7. The summed E-state index contributed by atoms with van der Waals surface area (Å²) in [6, 6.07) is 12.9. The molecule has 33 heavy (non-hydrogen) atoms. The Balaban J connectivity index is 2.02. The number of hydrogen-bond donors (Lipinski definition) is 2. The number of carbonyl (C=O) groups is 1. The van der Waals surface area contributed by atoms with Gasteiger partial charge in [-0.2, -0.15) is 4.31 Å². The van der Waals surface area contributed by atoms with E-state index in [1.165, 1.54) is 17.4 Å². The van der Waals surface area contributed by atoms with E-state index in [1.54, 1.807) is 43.2 Å². The van der Waals surface area contributed by atoms with Gasteiger partial charge in [-0.05, 0) is 36.1 Å². The zero-order valence-electron chi connectivity index (χ0n) is 18.9. The molecule has 1 amide bonds. The number of fused-ring (bicyclic) bond motifs is 1. The van der Waals surface area contributed by atoms with Crippen molar-refractivity contribution >= 4 is 49.2 Å². The smallest absolute Gasteiger partial charge is 0.262 e. The SMILES string of the molecule is CCCCSc1nc2ccc(S(=O)(=O)N(Cc3ccccc3)[C@@H](C(=O)NO)C(C)C)cc2s1. The van der Waals surface area contributed by atoms with Crippen LogP contribution in [-0.2, 0) is 21.4 Å². The van der Waals surface area contributed by atoms with Gasteiger partial charge in [-0.1, -0.05) is 69.3 Å². The Kier molecular flexibility index (Phi) is 8.88. The highest BCUT2D eigenvalue weighted by atomic mass is 32.2. The molecule has 0 radical (unpaired) electrons. The molecular formula is C23H29N3O4S3. The van der Waals surface area contributed by atoms with E-state index in [-0.39, 0.29) is 17.4 Å². The first-order valence-corrected chi connectivity index (χ1v) is 14.0. The van der Waals surface area contributed by atoms with Crippen LogP contribution in [0.5, 0.6) is 0 Å². The summed E-state index contributed by atoms with van der Waals surface area (Å²) in [6.07, 6.45) is 2.20. The lowest BCUT2D eigenvalue weighted by atomic mass is 10.0. The lowest BCUT2D eigenvalue weighted by molar-refractivity contribution is -0.134. The minimum absolute atomic E-state index is 0.00170.